The number of nitrogens with two attached hydrogens (primary N) is 2. The predicted octanol–water partition coefficient (Wildman–Crippen LogP) is 5.50. The maximum Gasteiger partial charge on any atom is 0.339 e. The number of hydrogen-bond donors (Lipinski definition) is 4. The van der Waals surface area contributed by atoms with Crippen molar-refractivity contribution in [1.82, 2.24) is 0 Å². The fraction of sp³-hybridized carbons (Fsp3) is 0. The molecule has 4 aromatic rings. The topological polar surface area (TPSA) is 145 Å². The molecule has 0 aliphatic carbocycles. The molecule has 4 rings (SSSR count). The first-order valence-corrected chi connectivity index (χ1v) is 10.1. The minimum atomic E-state index is -1.12. The summed E-state index contributed by atoms with van der Waals surface area (Å²) in [6.07, 6.45) is 0. The Labute approximate surface area is 194 Å². The molecule has 0 saturated carbocycles. The summed E-state index contributed by atoms with van der Waals surface area (Å²) < 4.78 is 11.7. The van der Waals surface area contributed by atoms with Gasteiger partial charge < -0.3 is 31.2 Å². The van der Waals surface area contributed by atoms with Crippen LogP contribution < -0.4 is 20.9 Å². The zero-order valence-electron chi connectivity index (χ0n) is 17.8. The lowest BCUT2D eigenvalue weighted by molar-refractivity contribution is 0.0683. The molecule has 8 heteroatoms. The maximum atomic E-state index is 11.5. The molecule has 4 aromatic carbocycles. The fourth-order valence-corrected chi connectivity index (χ4v) is 3.44. The van der Waals surface area contributed by atoms with E-state index in [4.69, 9.17) is 20.9 Å². The summed E-state index contributed by atoms with van der Waals surface area (Å²) >= 11 is 0. The average molecular weight is 456 g/mol. The lowest BCUT2D eigenvalue weighted by Gasteiger charge is -2.17. The van der Waals surface area contributed by atoms with Gasteiger partial charge in [-0.2, -0.15) is 0 Å². The van der Waals surface area contributed by atoms with E-state index in [2.05, 4.69) is 0 Å². The van der Waals surface area contributed by atoms with Gasteiger partial charge in [-0.15, -0.1) is 0 Å². The Morgan fingerprint density at radius 3 is 1.26 bits per heavy atom. The van der Waals surface area contributed by atoms with Crippen LogP contribution in [-0.2, 0) is 0 Å². The van der Waals surface area contributed by atoms with E-state index in [9.17, 15) is 19.8 Å². The molecule has 0 spiro atoms. The Hall–Kier alpha value is -4.98. The molecule has 0 aliphatic heterocycles. The van der Waals surface area contributed by atoms with Crippen LogP contribution in [0.25, 0.3) is 11.1 Å². The molecule has 0 saturated heterocycles. The van der Waals surface area contributed by atoms with Gasteiger partial charge in [-0.3, -0.25) is 0 Å². The van der Waals surface area contributed by atoms with Crippen LogP contribution in [0.2, 0.25) is 0 Å². The first kappa shape index (κ1) is 22.2. The normalized spacial score (nSPS) is 10.5. The van der Waals surface area contributed by atoms with E-state index in [1.807, 2.05) is 0 Å². The average Bonchev–Trinajstić information content (AvgIpc) is 2.82. The number of anilines is 2. The summed E-state index contributed by atoms with van der Waals surface area (Å²) in [5.41, 5.74) is 14.3. The molecule has 8 nitrogen and oxygen atoms in total. The molecule has 0 fully saturated rings. The van der Waals surface area contributed by atoms with Gasteiger partial charge in [0.05, 0.1) is 11.4 Å². The third-order valence-electron chi connectivity index (χ3n) is 5.10. The van der Waals surface area contributed by atoms with Crippen molar-refractivity contribution in [1.29, 1.82) is 0 Å². The second-order valence-electron chi connectivity index (χ2n) is 7.24. The molecule has 0 aromatic heterocycles. The highest BCUT2D eigenvalue weighted by Gasteiger charge is 2.18. The molecule has 0 radical (unpaired) electrons. The first-order chi connectivity index (χ1) is 16.4. The van der Waals surface area contributed by atoms with E-state index >= 15 is 0 Å². The van der Waals surface area contributed by atoms with E-state index in [1.54, 1.807) is 60.7 Å². The standard InChI is InChI=1S/C26H20N2O6/c27-23-15(9-5-13-21(23)33-19-11-3-1-7-17(19)25(29)30)16-10-6-14-22(24(16)28)34-20-12-4-2-8-18(20)26(31)32/h1-14H,27-28H2,(H,29,30)(H,31,32). The van der Waals surface area contributed by atoms with Gasteiger partial charge in [0.1, 0.15) is 22.6 Å². The van der Waals surface area contributed by atoms with Crippen LogP contribution in [0, 0.1) is 0 Å². The Morgan fingerprint density at radius 1 is 0.529 bits per heavy atom. The molecular weight excluding hydrogens is 436 g/mol. The molecule has 34 heavy (non-hydrogen) atoms. The lowest BCUT2D eigenvalue weighted by Crippen LogP contribution is -2.03. The quantitative estimate of drug-likeness (QED) is 0.267. The Morgan fingerprint density at radius 2 is 0.882 bits per heavy atom. The third-order valence-corrected chi connectivity index (χ3v) is 5.10. The molecule has 6 N–H and O–H groups in total. The Bertz CT molecular complexity index is 1290. The van der Waals surface area contributed by atoms with Gasteiger partial charge in [-0.1, -0.05) is 48.5 Å². The highest BCUT2D eigenvalue weighted by atomic mass is 16.5. The number of benzene rings is 4. The lowest BCUT2D eigenvalue weighted by atomic mass is 10.0. The van der Waals surface area contributed by atoms with E-state index in [1.165, 1.54) is 24.3 Å². The summed E-state index contributed by atoms with van der Waals surface area (Å²) in [6.45, 7) is 0. The van der Waals surface area contributed by atoms with Crippen molar-refractivity contribution in [2.75, 3.05) is 11.5 Å². The van der Waals surface area contributed by atoms with Gasteiger partial charge >= 0.3 is 11.9 Å². The van der Waals surface area contributed by atoms with Gasteiger partial charge in [-0.25, -0.2) is 9.59 Å². The molecule has 0 amide bonds. The van der Waals surface area contributed by atoms with Crippen LogP contribution in [0.3, 0.4) is 0 Å². The summed E-state index contributed by atoms with van der Waals surface area (Å²) in [6, 6.07) is 22.6. The molecule has 0 heterocycles. The number of para-hydroxylation sites is 4. The first-order valence-electron chi connectivity index (χ1n) is 10.1. The second kappa shape index (κ2) is 9.25. The van der Waals surface area contributed by atoms with E-state index < -0.39 is 11.9 Å². The van der Waals surface area contributed by atoms with Crippen molar-refractivity contribution < 1.29 is 29.3 Å². The van der Waals surface area contributed by atoms with Crippen LogP contribution in [0.1, 0.15) is 20.7 Å². The van der Waals surface area contributed by atoms with Crippen LogP contribution in [0.15, 0.2) is 84.9 Å². The van der Waals surface area contributed by atoms with Gasteiger partial charge in [0.15, 0.2) is 11.5 Å². The summed E-state index contributed by atoms with van der Waals surface area (Å²) in [7, 11) is 0. The number of aromatic carboxylic acids is 2. The van der Waals surface area contributed by atoms with Crippen molar-refractivity contribution >= 4 is 23.3 Å². The number of rotatable bonds is 7. The number of carboxylic acids is 2. The third kappa shape index (κ3) is 4.33. The van der Waals surface area contributed by atoms with Gasteiger partial charge in [0.25, 0.3) is 0 Å². The van der Waals surface area contributed by atoms with Crippen molar-refractivity contribution in [3.05, 3.63) is 96.1 Å². The number of hydrogen-bond acceptors (Lipinski definition) is 6. The van der Waals surface area contributed by atoms with Gasteiger partial charge in [0.2, 0.25) is 0 Å². The largest absolute Gasteiger partial charge is 0.478 e. The zero-order chi connectivity index (χ0) is 24.2. The fourth-order valence-electron chi connectivity index (χ4n) is 3.44. The van der Waals surface area contributed by atoms with E-state index in [-0.39, 0.29) is 45.5 Å². The van der Waals surface area contributed by atoms with Crippen molar-refractivity contribution in [2.24, 2.45) is 0 Å². The number of ether oxygens (including phenoxy) is 2. The summed E-state index contributed by atoms with van der Waals surface area (Å²) in [5.74, 6) is -1.44. The SMILES string of the molecule is Nc1c(Oc2ccccc2C(=O)O)cccc1-c1cccc(Oc2ccccc2C(=O)O)c1N. The molecule has 0 bridgehead atoms. The number of nitrogen functional groups attached to an aromatic ring is 2. The number of carbonyl (C=O) groups is 2. The predicted molar refractivity (Wildman–Crippen MR) is 128 cm³/mol. The monoisotopic (exact) mass is 456 g/mol. The Balaban J connectivity index is 1.72. The van der Waals surface area contributed by atoms with Crippen LogP contribution >= 0.6 is 0 Å². The smallest absolute Gasteiger partial charge is 0.339 e. The number of carboxylic acid groups (broad SMARTS) is 2. The van der Waals surface area contributed by atoms with Crippen LogP contribution in [0.5, 0.6) is 23.0 Å². The maximum absolute atomic E-state index is 11.5. The van der Waals surface area contributed by atoms with Gasteiger partial charge in [-0.05, 0) is 36.4 Å². The van der Waals surface area contributed by atoms with E-state index in [0.29, 0.717) is 11.1 Å². The Kier molecular flexibility index (Phi) is 6.05. The molecule has 0 unspecified atom stereocenters. The zero-order valence-corrected chi connectivity index (χ0v) is 17.8. The molecular formula is C26H20N2O6. The highest BCUT2D eigenvalue weighted by molar-refractivity contribution is 5.93. The minimum Gasteiger partial charge on any atom is -0.478 e. The van der Waals surface area contributed by atoms with E-state index in [0.717, 1.165) is 0 Å². The molecule has 0 aliphatic rings. The summed E-state index contributed by atoms with van der Waals surface area (Å²) in [4.78, 5) is 23.0. The highest BCUT2D eigenvalue weighted by Crippen LogP contribution is 2.42. The van der Waals surface area contributed by atoms with Crippen LogP contribution in [-0.4, -0.2) is 22.2 Å². The molecule has 0 atom stereocenters. The summed E-state index contributed by atoms with van der Waals surface area (Å²) in [5, 5.41) is 18.8. The molecule has 170 valence electrons. The van der Waals surface area contributed by atoms with Gasteiger partial charge in [0, 0.05) is 11.1 Å². The van der Waals surface area contributed by atoms with Crippen LogP contribution in [0.4, 0.5) is 11.4 Å². The van der Waals surface area contributed by atoms with Crippen molar-refractivity contribution in [3.8, 4) is 34.1 Å². The van der Waals surface area contributed by atoms with Crippen molar-refractivity contribution in [2.45, 2.75) is 0 Å². The second-order valence-corrected chi connectivity index (χ2v) is 7.24. The van der Waals surface area contributed by atoms with Crippen molar-refractivity contribution in [3.63, 3.8) is 0 Å². The minimum absolute atomic E-state index is 0.000639.